The first kappa shape index (κ1) is 8.28. The van der Waals surface area contributed by atoms with E-state index in [9.17, 15) is 0 Å². The van der Waals surface area contributed by atoms with Crippen molar-refractivity contribution in [3.05, 3.63) is 35.8 Å². The molecular formula is C9H8N2O. The summed E-state index contributed by atoms with van der Waals surface area (Å²) in [5.74, 6) is 0. The Morgan fingerprint density at radius 2 is 2.42 bits per heavy atom. The molecule has 1 N–H and O–H groups in total. The van der Waals surface area contributed by atoms with E-state index in [1.807, 2.05) is 13.0 Å². The van der Waals surface area contributed by atoms with Crippen molar-refractivity contribution in [2.45, 2.75) is 6.92 Å². The third-order valence-corrected chi connectivity index (χ3v) is 1.47. The number of aromatic nitrogens is 1. The number of hydrogen-bond donors (Lipinski definition) is 1. The van der Waals surface area contributed by atoms with E-state index < -0.39 is 0 Å². The van der Waals surface area contributed by atoms with Gasteiger partial charge in [-0.3, -0.25) is 4.98 Å². The van der Waals surface area contributed by atoms with Gasteiger partial charge < -0.3 is 5.11 Å². The third kappa shape index (κ3) is 1.61. The predicted octanol–water partition coefficient (Wildman–Crippen LogP) is 1.81. The Balaban J connectivity index is 3.06. The molecule has 0 aliphatic heterocycles. The summed E-state index contributed by atoms with van der Waals surface area (Å²) in [4.78, 5) is 3.99. The van der Waals surface area contributed by atoms with Gasteiger partial charge in [0.15, 0.2) is 0 Å². The number of allylic oxidation sites excluding steroid dienone is 1. The van der Waals surface area contributed by atoms with Crippen molar-refractivity contribution in [2.75, 3.05) is 0 Å². The first-order valence-corrected chi connectivity index (χ1v) is 3.45. The van der Waals surface area contributed by atoms with Crippen LogP contribution in [0, 0.1) is 18.3 Å². The van der Waals surface area contributed by atoms with Crippen molar-refractivity contribution in [1.82, 2.24) is 4.98 Å². The van der Waals surface area contributed by atoms with Gasteiger partial charge in [-0.1, -0.05) is 6.07 Å². The second-order valence-electron chi connectivity index (χ2n) is 2.34. The molecule has 0 saturated carbocycles. The van der Waals surface area contributed by atoms with E-state index in [0.29, 0.717) is 5.56 Å². The maximum absolute atomic E-state index is 8.64. The van der Waals surface area contributed by atoms with Crippen molar-refractivity contribution in [2.24, 2.45) is 0 Å². The monoisotopic (exact) mass is 160 g/mol. The molecule has 0 unspecified atom stereocenters. The van der Waals surface area contributed by atoms with Gasteiger partial charge in [0, 0.05) is 17.5 Å². The topological polar surface area (TPSA) is 56.9 Å². The van der Waals surface area contributed by atoms with Crippen LogP contribution in [0.1, 0.15) is 11.3 Å². The Morgan fingerprint density at radius 3 is 2.83 bits per heavy atom. The van der Waals surface area contributed by atoms with E-state index >= 15 is 0 Å². The standard InChI is InChI=1S/C9H8N2O/c1-7-2-3-8(5-11-7)9(4-10)6-12/h2-3,5-6,12H,1H3. The molecule has 0 bridgehead atoms. The SMILES string of the molecule is Cc1ccc(C(C#N)=CO)cn1. The van der Waals surface area contributed by atoms with Crippen molar-refractivity contribution in [1.29, 1.82) is 5.26 Å². The molecular weight excluding hydrogens is 152 g/mol. The largest absolute Gasteiger partial charge is 0.514 e. The van der Waals surface area contributed by atoms with Gasteiger partial charge in [0.1, 0.15) is 6.07 Å². The normalized spacial score (nSPS) is 10.8. The summed E-state index contributed by atoms with van der Waals surface area (Å²) in [5.41, 5.74) is 1.74. The van der Waals surface area contributed by atoms with Crippen LogP contribution in [0.5, 0.6) is 0 Å². The minimum atomic E-state index is 0.225. The lowest BCUT2D eigenvalue weighted by atomic mass is 10.1. The maximum atomic E-state index is 8.64. The van der Waals surface area contributed by atoms with Gasteiger partial charge in [0.25, 0.3) is 0 Å². The van der Waals surface area contributed by atoms with Crippen LogP contribution >= 0.6 is 0 Å². The number of nitriles is 1. The molecule has 60 valence electrons. The van der Waals surface area contributed by atoms with Crippen LogP contribution in [0.2, 0.25) is 0 Å². The van der Waals surface area contributed by atoms with Gasteiger partial charge in [-0.05, 0) is 13.0 Å². The number of aliphatic hydroxyl groups excluding tert-OH is 1. The highest BCUT2D eigenvalue weighted by Crippen LogP contribution is 2.10. The first-order valence-electron chi connectivity index (χ1n) is 3.45. The quantitative estimate of drug-likeness (QED) is 0.503. The van der Waals surface area contributed by atoms with Gasteiger partial charge in [-0.25, -0.2) is 0 Å². The molecule has 0 radical (unpaired) electrons. The number of pyridine rings is 1. The van der Waals surface area contributed by atoms with Gasteiger partial charge >= 0.3 is 0 Å². The number of rotatable bonds is 1. The van der Waals surface area contributed by atoms with Crippen molar-refractivity contribution < 1.29 is 5.11 Å². The van der Waals surface area contributed by atoms with Crippen LogP contribution < -0.4 is 0 Å². The predicted molar refractivity (Wildman–Crippen MR) is 45.2 cm³/mol. The second-order valence-corrected chi connectivity index (χ2v) is 2.34. The molecule has 0 spiro atoms. The van der Waals surface area contributed by atoms with Gasteiger partial charge in [0.2, 0.25) is 0 Å². The lowest BCUT2D eigenvalue weighted by molar-refractivity contribution is 0.476. The molecule has 1 aromatic rings. The van der Waals surface area contributed by atoms with Crippen LogP contribution in [-0.2, 0) is 0 Å². The van der Waals surface area contributed by atoms with Gasteiger partial charge in [-0.2, -0.15) is 5.26 Å². The first-order chi connectivity index (χ1) is 5.77. The third-order valence-electron chi connectivity index (χ3n) is 1.47. The fourth-order valence-electron chi connectivity index (χ4n) is 0.795. The van der Waals surface area contributed by atoms with Crippen LogP contribution in [0.3, 0.4) is 0 Å². The van der Waals surface area contributed by atoms with E-state index in [-0.39, 0.29) is 5.57 Å². The molecule has 0 aliphatic rings. The molecule has 0 fully saturated rings. The molecule has 12 heavy (non-hydrogen) atoms. The average molecular weight is 160 g/mol. The molecule has 1 rings (SSSR count). The Labute approximate surface area is 70.6 Å². The summed E-state index contributed by atoms with van der Waals surface area (Å²) >= 11 is 0. The number of aryl methyl sites for hydroxylation is 1. The summed E-state index contributed by atoms with van der Waals surface area (Å²) < 4.78 is 0. The fourth-order valence-corrected chi connectivity index (χ4v) is 0.795. The smallest absolute Gasteiger partial charge is 0.103 e. The van der Waals surface area contributed by atoms with E-state index in [1.165, 1.54) is 0 Å². The molecule has 0 aliphatic carbocycles. The Kier molecular flexibility index (Phi) is 2.44. The second kappa shape index (κ2) is 3.54. The Morgan fingerprint density at radius 1 is 1.67 bits per heavy atom. The molecule has 3 heteroatoms. The van der Waals surface area contributed by atoms with E-state index in [4.69, 9.17) is 10.4 Å². The van der Waals surface area contributed by atoms with Crippen LogP contribution in [0.4, 0.5) is 0 Å². The molecule has 0 atom stereocenters. The average Bonchev–Trinajstić information content (AvgIpc) is 2.10. The van der Waals surface area contributed by atoms with E-state index in [1.54, 1.807) is 18.3 Å². The molecule has 0 aromatic carbocycles. The summed E-state index contributed by atoms with van der Waals surface area (Å²) in [5, 5.41) is 17.2. The molecule has 1 heterocycles. The minimum absolute atomic E-state index is 0.225. The van der Waals surface area contributed by atoms with Crippen LogP contribution in [0.25, 0.3) is 5.57 Å². The highest BCUT2D eigenvalue weighted by atomic mass is 16.2. The lowest BCUT2D eigenvalue weighted by Crippen LogP contribution is -1.85. The summed E-state index contributed by atoms with van der Waals surface area (Å²) in [6.45, 7) is 1.86. The molecule has 3 nitrogen and oxygen atoms in total. The lowest BCUT2D eigenvalue weighted by Gasteiger charge is -1.96. The van der Waals surface area contributed by atoms with Crippen molar-refractivity contribution >= 4 is 5.57 Å². The van der Waals surface area contributed by atoms with E-state index in [0.717, 1.165) is 12.0 Å². The Bertz CT molecular complexity index is 333. The van der Waals surface area contributed by atoms with Crippen LogP contribution in [0.15, 0.2) is 24.6 Å². The highest BCUT2D eigenvalue weighted by Gasteiger charge is 1.99. The van der Waals surface area contributed by atoms with Crippen molar-refractivity contribution in [3.63, 3.8) is 0 Å². The minimum Gasteiger partial charge on any atom is -0.514 e. The zero-order valence-corrected chi connectivity index (χ0v) is 6.65. The fraction of sp³-hybridized carbons (Fsp3) is 0.111. The molecule has 1 aromatic heterocycles. The zero-order chi connectivity index (χ0) is 8.97. The van der Waals surface area contributed by atoms with Gasteiger partial charge in [-0.15, -0.1) is 0 Å². The maximum Gasteiger partial charge on any atom is 0.103 e. The zero-order valence-electron chi connectivity index (χ0n) is 6.65. The number of hydrogen-bond acceptors (Lipinski definition) is 3. The summed E-state index contributed by atoms with van der Waals surface area (Å²) in [7, 11) is 0. The summed E-state index contributed by atoms with van der Waals surface area (Å²) in [6, 6.07) is 5.39. The molecule has 0 amide bonds. The van der Waals surface area contributed by atoms with Crippen LogP contribution in [-0.4, -0.2) is 10.1 Å². The highest BCUT2D eigenvalue weighted by molar-refractivity contribution is 5.75. The Hall–Kier alpha value is -1.82. The van der Waals surface area contributed by atoms with Crippen molar-refractivity contribution in [3.8, 4) is 6.07 Å². The van der Waals surface area contributed by atoms with Gasteiger partial charge in [0.05, 0.1) is 11.8 Å². The molecule has 0 saturated heterocycles. The summed E-state index contributed by atoms with van der Waals surface area (Å²) in [6.07, 6.45) is 2.34. The van der Waals surface area contributed by atoms with E-state index in [2.05, 4.69) is 4.98 Å². The number of nitrogens with zero attached hydrogens (tertiary/aromatic N) is 2. The number of aliphatic hydroxyl groups is 1.